The lowest BCUT2D eigenvalue weighted by molar-refractivity contribution is -0.148. The molecule has 94 valence electrons. The molecule has 0 spiro atoms. The zero-order valence-electron chi connectivity index (χ0n) is 10.3. The molecule has 0 saturated carbocycles. The first-order valence-electron chi connectivity index (χ1n) is 5.13. The van der Waals surface area contributed by atoms with Crippen LogP contribution in [0.15, 0.2) is 12.7 Å². The molecule has 16 heavy (non-hydrogen) atoms. The minimum Gasteiger partial charge on any atom is -0.457 e. The minimum absolute atomic E-state index is 0.259. The molecule has 0 aromatic heterocycles. The molecular formula is C10H20O5Si. The van der Waals surface area contributed by atoms with Gasteiger partial charge in [-0.15, -0.1) is 0 Å². The Morgan fingerprint density at radius 2 is 2.00 bits per heavy atom. The van der Waals surface area contributed by atoms with Crippen LogP contribution in [0.2, 0.25) is 0 Å². The molecule has 0 aliphatic rings. The molecule has 6 heteroatoms. The Labute approximate surface area is 98.3 Å². The van der Waals surface area contributed by atoms with Crippen LogP contribution in [0.25, 0.3) is 0 Å². The Kier molecular flexibility index (Phi) is 8.09. The van der Waals surface area contributed by atoms with Crippen molar-refractivity contribution in [3.63, 3.8) is 0 Å². The van der Waals surface area contributed by atoms with E-state index in [1.54, 1.807) is 0 Å². The van der Waals surface area contributed by atoms with Crippen molar-refractivity contribution < 1.29 is 22.8 Å². The number of esters is 1. The standard InChI is InChI=1S/C10H20O5Si/c1-6-9(14-10(11)7-2)8(3)15-16(12-4)13-5/h7-9,16H,2,6H2,1,3-5H3. The molecule has 0 rings (SSSR count). The summed E-state index contributed by atoms with van der Waals surface area (Å²) in [6.45, 7) is 7.08. The maximum atomic E-state index is 11.1. The predicted molar refractivity (Wildman–Crippen MR) is 62.1 cm³/mol. The fourth-order valence-corrected chi connectivity index (χ4v) is 2.12. The van der Waals surface area contributed by atoms with Crippen molar-refractivity contribution in [2.45, 2.75) is 32.5 Å². The average Bonchev–Trinajstić information content (AvgIpc) is 2.31. The number of hydrogen-bond donors (Lipinski definition) is 0. The minimum atomic E-state index is -2.09. The van der Waals surface area contributed by atoms with E-state index in [0.717, 1.165) is 6.08 Å². The Morgan fingerprint density at radius 1 is 1.44 bits per heavy atom. The van der Waals surface area contributed by atoms with Crippen LogP contribution in [-0.2, 0) is 22.8 Å². The molecule has 0 aromatic carbocycles. The molecule has 0 aromatic rings. The molecule has 5 nitrogen and oxygen atoms in total. The summed E-state index contributed by atoms with van der Waals surface area (Å²) in [5.74, 6) is -0.449. The summed E-state index contributed by atoms with van der Waals surface area (Å²) in [6.07, 6.45) is 1.22. The monoisotopic (exact) mass is 248 g/mol. The molecule has 0 aliphatic carbocycles. The molecule has 0 heterocycles. The van der Waals surface area contributed by atoms with Crippen molar-refractivity contribution in [1.29, 1.82) is 0 Å². The SMILES string of the molecule is C=CC(=O)OC(CC)C(C)O[SiH](OC)OC. The number of ether oxygens (including phenoxy) is 1. The lowest BCUT2D eigenvalue weighted by Gasteiger charge is -2.25. The highest BCUT2D eigenvalue weighted by Crippen LogP contribution is 2.10. The summed E-state index contributed by atoms with van der Waals surface area (Å²) in [5.41, 5.74) is 0. The first kappa shape index (κ1) is 15.3. The van der Waals surface area contributed by atoms with E-state index in [0.29, 0.717) is 6.42 Å². The lowest BCUT2D eigenvalue weighted by atomic mass is 10.2. The van der Waals surface area contributed by atoms with E-state index >= 15 is 0 Å². The molecule has 0 bridgehead atoms. The maximum absolute atomic E-state index is 11.1. The van der Waals surface area contributed by atoms with Gasteiger partial charge in [-0.2, -0.15) is 0 Å². The topological polar surface area (TPSA) is 54.0 Å². The summed E-state index contributed by atoms with van der Waals surface area (Å²) in [4.78, 5) is 11.1. The van der Waals surface area contributed by atoms with Crippen LogP contribution < -0.4 is 0 Å². The largest absolute Gasteiger partial charge is 0.484 e. The van der Waals surface area contributed by atoms with Gasteiger partial charge < -0.3 is 18.0 Å². The third kappa shape index (κ3) is 5.41. The van der Waals surface area contributed by atoms with Gasteiger partial charge in [0, 0.05) is 20.3 Å². The van der Waals surface area contributed by atoms with Crippen LogP contribution in [0.5, 0.6) is 0 Å². The van der Waals surface area contributed by atoms with Gasteiger partial charge in [-0.25, -0.2) is 4.79 Å². The highest BCUT2D eigenvalue weighted by Gasteiger charge is 2.24. The number of carbonyl (C=O) groups excluding carboxylic acids is 1. The molecular weight excluding hydrogens is 228 g/mol. The van der Waals surface area contributed by atoms with Crippen molar-refractivity contribution in [2.75, 3.05) is 14.2 Å². The van der Waals surface area contributed by atoms with Gasteiger partial charge >= 0.3 is 15.5 Å². The Morgan fingerprint density at radius 3 is 2.38 bits per heavy atom. The highest BCUT2D eigenvalue weighted by atomic mass is 28.3. The Hall–Kier alpha value is -0.693. The van der Waals surface area contributed by atoms with Crippen LogP contribution >= 0.6 is 0 Å². The second-order valence-electron chi connectivity index (χ2n) is 3.19. The van der Waals surface area contributed by atoms with Crippen LogP contribution in [-0.4, -0.2) is 41.9 Å². The quantitative estimate of drug-likeness (QED) is 0.363. The van der Waals surface area contributed by atoms with E-state index in [-0.39, 0.29) is 12.2 Å². The van der Waals surface area contributed by atoms with Crippen LogP contribution in [0.1, 0.15) is 20.3 Å². The fraction of sp³-hybridized carbons (Fsp3) is 0.700. The maximum Gasteiger partial charge on any atom is 0.484 e. The van der Waals surface area contributed by atoms with Crippen molar-refractivity contribution in [1.82, 2.24) is 0 Å². The molecule has 0 amide bonds. The van der Waals surface area contributed by atoms with Gasteiger partial charge in [-0.05, 0) is 13.3 Å². The highest BCUT2D eigenvalue weighted by molar-refractivity contribution is 6.36. The van der Waals surface area contributed by atoms with Crippen LogP contribution in [0.4, 0.5) is 0 Å². The van der Waals surface area contributed by atoms with Crippen molar-refractivity contribution in [3.05, 3.63) is 12.7 Å². The molecule has 2 unspecified atom stereocenters. The van der Waals surface area contributed by atoms with E-state index in [1.807, 2.05) is 13.8 Å². The third-order valence-electron chi connectivity index (χ3n) is 2.07. The molecule has 0 saturated heterocycles. The van der Waals surface area contributed by atoms with E-state index in [4.69, 9.17) is 18.0 Å². The molecule has 2 atom stereocenters. The van der Waals surface area contributed by atoms with Crippen LogP contribution in [0.3, 0.4) is 0 Å². The molecule has 0 aliphatic heterocycles. The number of hydrogen-bond acceptors (Lipinski definition) is 5. The van der Waals surface area contributed by atoms with Gasteiger partial charge in [0.05, 0.1) is 6.10 Å². The van der Waals surface area contributed by atoms with Crippen LogP contribution in [0, 0.1) is 0 Å². The predicted octanol–water partition coefficient (Wildman–Crippen LogP) is 0.909. The first-order valence-corrected chi connectivity index (χ1v) is 6.54. The Bertz CT molecular complexity index is 217. The number of rotatable bonds is 8. The average molecular weight is 248 g/mol. The smallest absolute Gasteiger partial charge is 0.457 e. The second kappa shape index (κ2) is 8.46. The van der Waals surface area contributed by atoms with Gasteiger partial charge in [-0.1, -0.05) is 13.5 Å². The summed E-state index contributed by atoms with van der Waals surface area (Å²) >= 11 is 0. The molecule has 0 radical (unpaired) electrons. The van der Waals surface area contributed by atoms with Crippen molar-refractivity contribution in [2.24, 2.45) is 0 Å². The molecule has 0 N–H and O–H groups in total. The Balaban J connectivity index is 4.23. The normalized spacial score (nSPS) is 14.6. The summed E-state index contributed by atoms with van der Waals surface area (Å²) < 4.78 is 20.7. The first-order chi connectivity index (χ1) is 7.58. The zero-order chi connectivity index (χ0) is 12.6. The third-order valence-corrected chi connectivity index (χ3v) is 3.49. The summed E-state index contributed by atoms with van der Waals surface area (Å²) in [5, 5.41) is 0. The van der Waals surface area contributed by atoms with Gasteiger partial charge in [-0.3, -0.25) is 0 Å². The van der Waals surface area contributed by atoms with Gasteiger partial charge in [0.1, 0.15) is 6.10 Å². The van der Waals surface area contributed by atoms with Gasteiger partial charge in [0.15, 0.2) is 0 Å². The fourth-order valence-electron chi connectivity index (χ4n) is 1.18. The molecule has 0 fully saturated rings. The van der Waals surface area contributed by atoms with Gasteiger partial charge in [0.2, 0.25) is 0 Å². The summed E-state index contributed by atoms with van der Waals surface area (Å²) in [7, 11) is 0.972. The van der Waals surface area contributed by atoms with Crippen molar-refractivity contribution in [3.8, 4) is 0 Å². The van der Waals surface area contributed by atoms with E-state index in [2.05, 4.69) is 6.58 Å². The zero-order valence-corrected chi connectivity index (χ0v) is 11.4. The second-order valence-corrected chi connectivity index (χ2v) is 4.98. The lowest BCUT2D eigenvalue weighted by Crippen LogP contribution is -2.37. The van der Waals surface area contributed by atoms with Crippen molar-refractivity contribution >= 4 is 15.5 Å². The van der Waals surface area contributed by atoms with Gasteiger partial charge in [0.25, 0.3) is 0 Å². The number of carbonyl (C=O) groups is 1. The summed E-state index contributed by atoms with van der Waals surface area (Å²) in [6, 6.07) is 0. The van der Waals surface area contributed by atoms with E-state index in [9.17, 15) is 4.79 Å². The van der Waals surface area contributed by atoms with E-state index < -0.39 is 15.5 Å². The van der Waals surface area contributed by atoms with E-state index in [1.165, 1.54) is 14.2 Å².